The van der Waals surface area contributed by atoms with Gasteiger partial charge in [-0.1, -0.05) is 6.07 Å². The van der Waals surface area contributed by atoms with E-state index in [0.29, 0.717) is 17.8 Å². The summed E-state index contributed by atoms with van der Waals surface area (Å²) in [5, 5.41) is 6.55. The van der Waals surface area contributed by atoms with E-state index >= 15 is 0 Å². The lowest BCUT2D eigenvalue weighted by molar-refractivity contribution is -0.115. The van der Waals surface area contributed by atoms with Crippen LogP contribution in [-0.2, 0) is 11.2 Å². The standard InChI is InChI=1S/C21H22N2O3/c1-4-22-21(25)15-6-5-7-17(10-15)23-20(24)11-16-12-26-19-9-14(3)13(2)8-18(16)19/h5-10,12H,4,11H2,1-3H3,(H,22,25)(H,23,24). The summed E-state index contributed by atoms with van der Waals surface area (Å²) in [7, 11) is 0. The van der Waals surface area contributed by atoms with E-state index in [4.69, 9.17) is 4.42 Å². The van der Waals surface area contributed by atoms with Crippen molar-refractivity contribution in [2.24, 2.45) is 0 Å². The van der Waals surface area contributed by atoms with Gasteiger partial charge in [0, 0.05) is 28.7 Å². The summed E-state index contributed by atoms with van der Waals surface area (Å²) >= 11 is 0. The fraction of sp³-hybridized carbons (Fsp3) is 0.238. The summed E-state index contributed by atoms with van der Waals surface area (Å²) < 4.78 is 5.58. The average Bonchev–Trinajstić information content (AvgIpc) is 2.97. The lowest BCUT2D eigenvalue weighted by Crippen LogP contribution is -2.23. The Morgan fingerprint density at radius 3 is 2.62 bits per heavy atom. The first kappa shape index (κ1) is 17.7. The summed E-state index contributed by atoms with van der Waals surface area (Å²) in [5.74, 6) is -0.311. The highest BCUT2D eigenvalue weighted by atomic mass is 16.3. The van der Waals surface area contributed by atoms with Crippen molar-refractivity contribution in [2.45, 2.75) is 27.2 Å². The highest BCUT2D eigenvalue weighted by Crippen LogP contribution is 2.25. The Morgan fingerprint density at radius 1 is 1.08 bits per heavy atom. The molecular weight excluding hydrogens is 328 g/mol. The third-order valence-corrected chi connectivity index (χ3v) is 4.37. The van der Waals surface area contributed by atoms with Crippen molar-refractivity contribution in [1.82, 2.24) is 5.32 Å². The first-order chi connectivity index (χ1) is 12.5. The molecule has 134 valence electrons. The zero-order valence-electron chi connectivity index (χ0n) is 15.2. The van der Waals surface area contributed by atoms with E-state index in [9.17, 15) is 9.59 Å². The molecule has 2 amide bonds. The fourth-order valence-electron chi connectivity index (χ4n) is 2.85. The van der Waals surface area contributed by atoms with Crippen molar-refractivity contribution in [3.05, 3.63) is 64.9 Å². The average molecular weight is 350 g/mol. The van der Waals surface area contributed by atoms with Crippen molar-refractivity contribution in [2.75, 3.05) is 11.9 Å². The molecule has 0 unspecified atom stereocenters. The van der Waals surface area contributed by atoms with Crippen molar-refractivity contribution in [3.8, 4) is 0 Å². The number of aryl methyl sites for hydroxylation is 2. The molecule has 26 heavy (non-hydrogen) atoms. The molecule has 5 heteroatoms. The van der Waals surface area contributed by atoms with Gasteiger partial charge in [0.2, 0.25) is 5.91 Å². The molecule has 0 aliphatic rings. The van der Waals surface area contributed by atoms with Gasteiger partial charge in [0.15, 0.2) is 0 Å². The van der Waals surface area contributed by atoms with E-state index < -0.39 is 0 Å². The smallest absolute Gasteiger partial charge is 0.251 e. The number of benzene rings is 2. The normalized spacial score (nSPS) is 10.7. The third kappa shape index (κ3) is 3.77. The van der Waals surface area contributed by atoms with E-state index in [1.54, 1.807) is 30.5 Å². The lowest BCUT2D eigenvalue weighted by Gasteiger charge is -2.07. The van der Waals surface area contributed by atoms with E-state index in [2.05, 4.69) is 10.6 Å². The van der Waals surface area contributed by atoms with Crippen LogP contribution in [0.25, 0.3) is 11.0 Å². The molecular formula is C21H22N2O3. The predicted molar refractivity (Wildman–Crippen MR) is 102 cm³/mol. The highest BCUT2D eigenvalue weighted by Gasteiger charge is 2.13. The van der Waals surface area contributed by atoms with Gasteiger partial charge in [0.25, 0.3) is 5.91 Å². The molecule has 0 aliphatic heterocycles. The van der Waals surface area contributed by atoms with Gasteiger partial charge in [-0.05, 0) is 62.2 Å². The summed E-state index contributed by atoms with van der Waals surface area (Å²) in [6, 6.07) is 10.9. The minimum Gasteiger partial charge on any atom is -0.464 e. The second kappa shape index (κ2) is 7.44. The molecule has 2 N–H and O–H groups in total. The number of furan rings is 1. The van der Waals surface area contributed by atoms with Crippen LogP contribution < -0.4 is 10.6 Å². The van der Waals surface area contributed by atoms with Crippen molar-refractivity contribution in [3.63, 3.8) is 0 Å². The molecule has 0 radical (unpaired) electrons. The van der Waals surface area contributed by atoms with Gasteiger partial charge in [0.05, 0.1) is 12.7 Å². The van der Waals surface area contributed by atoms with Crippen LogP contribution in [0, 0.1) is 13.8 Å². The molecule has 0 bridgehead atoms. The molecule has 0 fully saturated rings. The molecule has 3 rings (SSSR count). The number of rotatable bonds is 5. The second-order valence-corrected chi connectivity index (χ2v) is 6.36. The van der Waals surface area contributed by atoms with Gasteiger partial charge in [-0.25, -0.2) is 0 Å². The Labute approximate surface area is 152 Å². The van der Waals surface area contributed by atoms with Crippen LogP contribution in [0.5, 0.6) is 0 Å². The van der Waals surface area contributed by atoms with Gasteiger partial charge in [-0.3, -0.25) is 9.59 Å². The SMILES string of the molecule is CCNC(=O)c1cccc(NC(=O)Cc2coc3cc(C)c(C)cc23)c1. The molecule has 3 aromatic rings. The molecule has 5 nitrogen and oxygen atoms in total. The Kier molecular flexibility index (Phi) is 5.07. The van der Waals surface area contributed by atoms with E-state index in [1.807, 2.05) is 32.9 Å². The van der Waals surface area contributed by atoms with Gasteiger partial charge in [0.1, 0.15) is 5.58 Å². The quantitative estimate of drug-likeness (QED) is 0.731. The summed E-state index contributed by atoms with van der Waals surface area (Å²) in [6.07, 6.45) is 1.84. The van der Waals surface area contributed by atoms with Crippen molar-refractivity contribution >= 4 is 28.5 Å². The molecule has 2 aromatic carbocycles. The Hall–Kier alpha value is -3.08. The van der Waals surface area contributed by atoms with E-state index in [1.165, 1.54) is 0 Å². The van der Waals surface area contributed by atoms with Gasteiger partial charge >= 0.3 is 0 Å². The van der Waals surface area contributed by atoms with Gasteiger partial charge in [-0.15, -0.1) is 0 Å². The molecule has 1 heterocycles. The van der Waals surface area contributed by atoms with E-state index in [0.717, 1.165) is 27.7 Å². The molecule has 0 atom stereocenters. The number of nitrogens with one attached hydrogen (secondary N) is 2. The Balaban J connectivity index is 1.74. The molecule has 0 aliphatic carbocycles. The van der Waals surface area contributed by atoms with E-state index in [-0.39, 0.29) is 18.2 Å². The number of fused-ring (bicyclic) bond motifs is 1. The zero-order valence-corrected chi connectivity index (χ0v) is 15.2. The van der Waals surface area contributed by atoms with Gasteiger partial charge < -0.3 is 15.1 Å². The van der Waals surface area contributed by atoms with Crippen LogP contribution in [0.4, 0.5) is 5.69 Å². The van der Waals surface area contributed by atoms with Crippen LogP contribution >= 0.6 is 0 Å². The number of carbonyl (C=O) groups is 2. The molecule has 0 saturated heterocycles. The highest BCUT2D eigenvalue weighted by molar-refractivity contribution is 5.98. The lowest BCUT2D eigenvalue weighted by atomic mass is 10.0. The van der Waals surface area contributed by atoms with Crippen LogP contribution in [-0.4, -0.2) is 18.4 Å². The molecule has 0 saturated carbocycles. The van der Waals surface area contributed by atoms with Crippen molar-refractivity contribution in [1.29, 1.82) is 0 Å². The van der Waals surface area contributed by atoms with Crippen LogP contribution in [0.3, 0.4) is 0 Å². The summed E-state index contributed by atoms with van der Waals surface area (Å²) in [4.78, 5) is 24.3. The minimum absolute atomic E-state index is 0.154. The number of carbonyl (C=O) groups excluding carboxylic acids is 2. The number of hydrogen-bond donors (Lipinski definition) is 2. The zero-order chi connectivity index (χ0) is 18.7. The second-order valence-electron chi connectivity index (χ2n) is 6.36. The molecule has 1 aromatic heterocycles. The number of hydrogen-bond acceptors (Lipinski definition) is 3. The first-order valence-electron chi connectivity index (χ1n) is 8.63. The number of anilines is 1. The summed E-state index contributed by atoms with van der Waals surface area (Å²) in [5.41, 5.74) is 5.07. The maximum absolute atomic E-state index is 12.4. The van der Waals surface area contributed by atoms with Gasteiger partial charge in [-0.2, -0.15) is 0 Å². The third-order valence-electron chi connectivity index (χ3n) is 4.37. The maximum Gasteiger partial charge on any atom is 0.251 e. The Morgan fingerprint density at radius 2 is 1.85 bits per heavy atom. The maximum atomic E-state index is 12.4. The monoisotopic (exact) mass is 350 g/mol. The van der Waals surface area contributed by atoms with Crippen molar-refractivity contribution < 1.29 is 14.0 Å². The van der Waals surface area contributed by atoms with Crippen LogP contribution in [0.1, 0.15) is 34.0 Å². The number of amides is 2. The fourth-order valence-corrected chi connectivity index (χ4v) is 2.85. The predicted octanol–water partition coefficient (Wildman–Crippen LogP) is 3.98. The van der Waals surface area contributed by atoms with Crippen LogP contribution in [0.2, 0.25) is 0 Å². The Bertz CT molecular complexity index is 973. The summed E-state index contributed by atoms with van der Waals surface area (Å²) in [6.45, 7) is 6.49. The topological polar surface area (TPSA) is 71.3 Å². The minimum atomic E-state index is -0.157. The van der Waals surface area contributed by atoms with Crippen LogP contribution in [0.15, 0.2) is 47.1 Å². The largest absolute Gasteiger partial charge is 0.464 e. The molecule has 0 spiro atoms. The first-order valence-corrected chi connectivity index (χ1v) is 8.63.